The Morgan fingerprint density at radius 1 is 1.21 bits per heavy atom. The average Bonchev–Trinajstić information content (AvgIpc) is 3.08. The number of ether oxygens (including phenoxy) is 2. The van der Waals surface area contributed by atoms with E-state index in [1.165, 1.54) is 5.56 Å². The number of nitrogens with zero attached hydrogens (tertiary/aromatic N) is 2. The molecule has 0 spiro atoms. The average molecular weight is 322 g/mol. The van der Waals surface area contributed by atoms with Gasteiger partial charge in [0.1, 0.15) is 11.5 Å². The van der Waals surface area contributed by atoms with Crippen molar-refractivity contribution in [1.82, 2.24) is 5.01 Å². The van der Waals surface area contributed by atoms with E-state index in [1.54, 1.807) is 7.11 Å². The van der Waals surface area contributed by atoms with E-state index < -0.39 is 5.72 Å². The summed E-state index contributed by atoms with van der Waals surface area (Å²) in [6.07, 6.45) is 1.76. The zero-order chi connectivity index (χ0) is 16.7. The number of fused-ring (bicyclic) bond motifs is 3. The summed E-state index contributed by atoms with van der Waals surface area (Å²) >= 11 is 0. The fraction of sp³-hybridized carbons (Fsp3) is 0.350. The SMILES string of the molecule is CC[C@@]1(C)Oc2ccccc2[C@@H]2CC(c3ccc(OC)cc3)=NN21. The molecular formula is C20H22N2O2. The zero-order valence-electron chi connectivity index (χ0n) is 14.3. The van der Waals surface area contributed by atoms with E-state index in [0.717, 1.165) is 35.6 Å². The van der Waals surface area contributed by atoms with E-state index in [2.05, 4.69) is 49.2 Å². The monoisotopic (exact) mass is 322 g/mol. The van der Waals surface area contributed by atoms with Crippen molar-refractivity contribution in [2.75, 3.05) is 7.11 Å². The van der Waals surface area contributed by atoms with Crippen LogP contribution in [-0.4, -0.2) is 23.6 Å². The molecule has 2 aliphatic heterocycles. The van der Waals surface area contributed by atoms with Crippen molar-refractivity contribution in [2.24, 2.45) is 5.10 Å². The van der Waals surface area contributed by atoms with Crippen LogP contribution in [0.3, 0.4) is 0 Å². The van der Waals surface area contributed by atoms with Gasteiger partial charge < -0.3 is 9.47 Å². The van der Waals surface area contributed by atoms with Gasteiger partial charge in [0.2, 0.25) is 0 Å². The topological polar surface area (TPSA) is 34.1 Å². The maximum Gasteiger partial charge on any atom is 0.195 e. The summed E-state index contributed by atoms with van der Waals surface area (Å²) in [5.41, 5.74) is 3.05. The maximum atomic E-state index is 6.30. The molecule has 0 bridgehead atoms. The summed E-state index contributed by atoms with van der Waals surface area (Å²) < 4.78 is 11.6. The molecule has 4 nitrogen and oxygen atoms in total. The van der Waals surface area contributed by atoms with Gasteiger partial charge in [0.15, 0.2) is 5.72 Å². The molecule has 124 valence electrons. The minimum Gasteiger partial charge on any atom is -0.497 e. The van der Waals surface area contributed by atoms with Gasteiger partial charge in [-0.2, -0.15) is 5.10 Å². The summed E-state index contributed by atoms with van der Waals surface area (Å²) in [6, 6.07) is 16.7. The van der Waals surface area contributed by atoms with Gasteiger partial charge >= 0.3 is 0 Å². The van der Waals surface area contributed by atoms with Gasteiger partial charge in [-0.25, -0.2) is 5.01 Å². The quantitative estimate of drug-likeness (QED) is 0.842. The number of para-hydroxylation sites is 1. The molecule has 0 aliphatic carbocycles. The van der Waals surface area contributed by atoms with Crippen molar-refractivity contribution < 1.29 is 9.47 Å². The molecule has 0 radical (unpaired) electrons. The molecule has 2 aromatic rings. The molecule has 0 saturated carbocycles. The van der Waals surface area contributed by atoms with Crippen LogP contribution in [0, 0.1) is 0 Å². The highest BCUT2D eigenvalue weighted by atomic mass is 16.5. The molecule has 0 aromatic heterocycles. The number of hydrogen-bond donors (Lipinski definition) is 0. The predicted octanol–water partition coefficient (Wildman–Crippen LogP) is 4.36. The minimum absolute atomic E-state index is 0.233. The van der Waals surface area contributed by atoms with Crippen LogP contribution in [-0.2, 0) is 0 Å². The van der Waals surface area contributed by atoms with Crippen LogP contribution in [0.2, 0.25) is 0 Å². The Hall–Kier alpha value is -2.49. The molecule has 2 atom stereocenters. The van der Waals surface area contributed by atoms with E-state index in [0.29, 0.717) is 0 Å². The van der Waals surface area contributed by atoms with Crippen LogP contribution >= 0.6 is 0 Å². The Balaban J connectivity index is 1.73. The second-order valence-corrected chi connectivity index (χ2v) is 6.51. The number of hydrogen-bond acceptors (Lipinski definition) is 4. The third kappa shape index (κ3) is 2.25. The lowest BCUT2D eigenvalue weighted by Gasteiger charge is -2.45. The molecule has 24 heavy (non-hydrogen) atoms. The first kappa shape index (κ1) is 15.1. The van der Waals surface area contributed by atoms with E-state index >= 15 is 0 Å². The van der Waals surface area contributed by atoms with Gasteiger partial charge in [-0.05, 0) is 42.8 Å². The molecule has 0 unspecified atom stereocenters. The zero-order valence-corrected chi connectivity index (χ0v) is 14.3. The van der Waals surface area contributed by atoms with Crippen LogP contribution in [0.25, 0.3) is 0 Å². The molecule has 0 saturated heterocycles. The molecule has 0 N–H and O–H groups in total. The van der Waals surface area contributed by atoms with Crippen molar-refractivity contribution in [1.29, 1.82) is 0 Å². The van der Waals surface area contributed by atoms with Crippen molar-refractivity contribution in [2.45, 2.75) is 38.5 Å². The Bertz CT molecular complexity index is 784. The molecule has 2 heterocycles. The van der Waals surface area contributed by atoms with Crippen LogP contribution in [0.1, 0.15) is 43.9 Å². The Morgan fingerprint density at radius 3 is 2.67 bits per heavy atom. The van der Waals surface area contributed by atoms with Crippen molar-refractivity contribution >= 4 is 5.71 Å². The lowest BCUT2D eigenvalue weighted by Crippen LogP contribution is -2.50. The van der Waals surface area contributed by atoms with Crippen molar-refractivity contribution in [3.63, 3.8) is 0 Å². The van der Waals surface area contributed by atoms with Gasteiger partial charge in [-0.1, -0.05) is 25.1 Å². The smallest absolute Gasteiger partial charge is 0.195 e. The molecular weight excluding hydrogens is 300 g/mol. The summed E-state index contributed by atoms with van der Waals surface area (Å²) in [4.78, 5) is 0. The largest absolute Gasteiger partial charge is 0.497 e. The third-order valence-corrected chi connectivity index (χ3v) is 5.08. The highest BCUT2D eigenvalue weighted by molar-refractivity contribution is 6.02. The van der Waals surface area contributed by atoms with Gasteiger partial charge in [-0.15, -0.1) is 0 Å². The number of hydrazone groups is 1. The molecule has 0 fully saturated rings. The molecule has 2 aliphatic rings. The Kier molecular flexibility index (Phi) is 3.48. The van der Waals surface area contributed by atoms with E-state index in [1.807, 2.05) is 18.2 Å². The van der Waals surface area contributed by atoms with Gasteiger partial charge in [0.25, 0.3) is 0 Å². The van der Waals surface area contributed by atoms with Gasteiger partial charge in [0, 0.05) is 18.4 Å². The normalized spacial score (nSPS) is 24.7. The van der Waals surface area contributed by atoms with Gasteiger partial charge in [0.05, 0.1) is 18.9 Å². The fourth-order valence-corrected chi connectivity index (χ4v) is 3.51. The third-order valence-electron chi connectivity index (χ3n) is 5.08. The molecule has 2 aromatic carbocycles. The lowest BCUT2D eigenvalue weighted by molar-refractivity contribution is -0.108. The van der Waals surface area contributed by atoms with E-state index in [4.69, 9.17) is 14.6 Å². The summed E-state index contributed by atoms with van der Waals surface area (Å²) in [7, 11) is 1.68. The van der Waals surface area contributed by atoms with Crippen LogP contribution in [0.4, 0.5) is 0 Å². The fourth-order valence-electron chi connectivity index (χ4n) is 3.51. The van der Waals surface area contributed by atoms with Crippen molar-refractivity contribution in [3.8, 4) is 11.5 Å². The second-order valence-electron chi connectivity index (χ2n) is 6.51. The Morgan fingerprint density at radius 2 is 1.96 bits per heavy atom. The number of methoxy groups -OCH3 is 1. The van der Waals surface area contributed by atoms with E-state index in [-0.39, 0.29) is 6.04 Å². The first-order valence-corrected chi connectivity index (χ1v) is 8.44. The molecule has 4 heteroatoms. The van der Waals surface area contributed by atoms with Gasteiger partial charge in [-0.3, -0.25) is 0 Å². The Labute approximate surface area is 142 Å². The maximum absolute atomic E-state index is 6.30. The summed E-state index contributed by atoms with van der Waals surface area (Å²) in [5.74, 6) is 1.84. The highest BCUT2D eigenvalue weighted by Gasteiger charge is 2.46. The van der Waals surface area contributed by atoms with Crippen LogP contribution < -0.4 is 9.47 Å². The summed E-state index contributed by atoms with van der Waals surface area (Å²) in [5, 5.41) is 7.09. The first-order valence-electron chi connectivity index (χ1n) is 8.44. The predicted molar refractivity (Wildman–Crippen MR) is 94.5 cm³/mol. The first-order chi connectivity index (χ1) is 11.6. The molecule has 4 rings (SSSR count). The van der Waals surface area contributed by atoms with E-state index in [9.17, 15) is 0 Å². The number of rotatable bonds is 3. The standard InChI is InChI=1S/C20H22N2O2/c1-4-20(2)22-18(16-7-5-6-8-19(16)24-20)13-17(21-22)14-9-11-15(23-3)12-10-14/h5-12,18H,4,13H2,1-3H3/t18-,20+/m0/s1. The highest BCUT2D eigenvalue weighted by Crippen LogP contribution is 2.47. The molecule has 0 amide bonds. The lowest BCUT2D eigenvalue weighted by atomic mass is 9.94. The number of benzene rings is 2. The second kappa shape index (κ2) is 5.55. The van der Waals surface area contributed by atoms with Crippen LogP contribution in [0.5, 0.6) is 11.5 Å². The minimum atomic E-state index is -0.409. The van der Waals surface area contributed by atoms with Crippen molar-refractivity contribution in [3.05, 3.63) is 59.7 Å². The van der Waals surface area contributed by atoms with Crippen LogP contribution in [0.15, 0.2) is 53.6 Å². The summed E-state index contributed by atoms with van der Waals surface area (Å²) in [6.45, 7) is 4.27.